The molecule has 0 bridgehead atoms. The molecule has 0 unspecified atom stereocenters. The molecule has 4 nitrogen and oxygen atoms in total. The Morgan fingerprint density at radius 1 is 1.20 bits per heavy atom. The third-order valence-corrected chi connectivity index (χ3v) is 3.09. The van der Waals surface area contributed by atoms with Gasteiger partial charge in [0.1, 0.15) is 5.75 Å². The average molecular weight is 270 g/mol. The van der Waals surface area contributed by atoms with Crippen LogP contribution in [-0.4, -0.2) is 22.5 Å². The van der Waals surface area contributed by atoms with E-state index in [1.807, 2.05) is 31.2 Å². The van der Waals surface area contributed by atoms with Gasteiger partial charge >= 0.3 is 0 Å². The van der Waals surface area contributed by atoms with E-state index in [-0.39, 0.29) is 11.7 Å². The molecule has 0 atom stereocenters. The van der Waals surface area contributed by atoms with Gasteiger partial charge in [-0.2, -0.15) is 0 Å². The number of hydrogen-bond acceptors (Lipinski definition) is 3. The summed E-state index contributed by atoms with van der Waals surface area (Å²) in [5.74, 6) is -0.0123. The van der Waals surface area contributed by atoms with Gasteiger partial charge in [0.25, 0.3) is 5.91 Å². The SMILES string of the molecule is CCN(Cc1cccc(N)c1)C(=O)c1cccc(O)c1. The second-order valence-electron chi connectivity index (χ2n) is 4.61. The third-order valence-electron chi connectivity index (χ3n) is 3.09. The summed E-state index contributed by atoms with van der Waals surface area (Å²) in [4.78, 5) is 14.1. The average Bonchev–Trinajstić information content (AvgIpc) is 2.44. The number of hydrogen-bond donors (Lipinski definition) is 2. The van der Waals surface area contributed by atoms with Crippen LogP contribution in [0.1, 0.15) is 22.8 Å². The Hall–Kier alpha value is -2.49. The van der Waals surface area contributed by atoms with Crippen molar-refractivity contribution < 1.29 is 9.90 Å². The smallest absolute Gasteiger partial charge is 0.254 e. The Morgan fingerprint density at radius 2 is 1.95 bits per heavy atom. The molecule has 3 N–H and O–H groups in total. The number of phenols is 1. The van der Waals surface area contributed by atoms with Crippen molar-refractivity contribution in [3.05, 3.63) is 59.7 Å². The van der Waals surface area contributed by atoms with E-state index in [9.17, 15) is 9.90 Å². The van der Waals surface area contributed by atoms with Gasteiger partial charge in [-0.25, -0.2) is 0 Å². The second kappa shape index (κ2) is 6.10. The molecule has 20 heavy (non-hydrogen) atoms. The minimum Gasteiger partial charge on any atom is -0.508 e. The molecule has 0 radical (unpaired) electrons. The number of nitrogens with zero attached hydrogens (tertiary/aromatic N) is 1. The van der Waals surface area contributed by atoms with Crippen molar-refractivity contribution in [3.63, 3.8) is 0 Å². The first-order valence-electron chi connectivity index (χ1n) is 6.53. The van der Waals surface area contributed by atoms with Crippen molar-refractivity contribution in [1.82, 2.24) is 4.90 Å². The Labute approximate surface area is 118 Å². The van der Waals surface area contributed by atoms with Gasteiger partial charge in [-0.05, 0) is 42.8 Å². The molecule has 104 valence electrons. The fourth-order valence-corrected chi connectivity index (χ4v) is 2.06. The number of nitrogen functional groups attached to an aromatic ring is 1. The minimum absolute atomic E-state index is 0.0934. The zero-order valence-corrected chi connectivity index (χ0v) is 11.4. The lowest BCUT2D eigenvalue weighted by molar-refractivity contribution is 0.0752. The van der Waals surface area contributed by atoms with E-state index >= 15 is 0 Å². The summed E-state index contributed by atoms with van der Waals surface area (Å²) in [5.41, 5.74) is 7.90. The normalized spacial score (nSPS) is 10.2. The van der Waals surface area contributed by atoms with Crippen molar-refractivity contribution in [3.8, 4) is 5.75 Å². The summed E-state index contributed by atoms with van der Waals surface area (Å²) in [7, 11) is 0. The van der Waals surface area contributed by atoms with E-state index in [1.165, 1.54) is 6.07 Å². The van der Waals surface area contributed by atoms with Gasteiger partial charge < -0.3 is 15.7 Å². The van der Waals surface area contributed by atoms with Crippen LogP contribution < -0.4 is 5.73 Å². The monoisotopic (exact) mass is 270 g/mol. The Balaban J connectivity index is 2.18. The molecule has 0 aliphatic heterocycles. The first-order valence-corrected chi connectivity index (χ1v) is 6.53. The van der Waals surface area contributed by atoms with E-state index in [2.05, 4.69) is 0 Å². The van der Waals surface area contributed by atoms with E-state index < -0.39 is 0 Å². The zero-order chi connectivity index (χ0) is 14.5. The lowest BCUT2D eigenvalue weighted by Gasteiger charge is -2.21. The van der Waals surface area contributed by atoms with E-state index in [4.69, 9.17) is 5.73 Å². The molecule has 2 rings (SSSR count). The maximum atomic E-state index is 12.4. The quantitative estimate of drug-likeness (QED) is 0.839. The highest BCUT2D eigenvalue weighted by Gasteiger charge is 2.14. The van der Waals surface area contributed by atoms with E-state index in [0.29, 0.717) is 24.3 Å². The van der Waals surface area contributed by atoms with Gasteiger partial charge in [0.15, 0.2) is 0 Å². The predicted octanol–water partition coefficient (Wildman–Crippen LogP) is 2.64. The highest BCUT2D eigenvalue weighted by molar-refractivity contribution is 5.94. The summed E-state index contributed by atoms with van der Waals surface area (Å²) >= 11 is 0. The summed E-state index contributed by atoms with van der Waals surface area (Å²) < 4.78 is 0. The van der Waals surface area contributed by atoms with Crippen LogP contribution in [0.25, 0.3) is 0 Å². The summed E-state index contributed by atoms with van der Waals surface area (Å²) in [6, 6.07) is 13.9. The number of amides is 1. The van der Waals surface area contributed by atoms with Crippen LogP contribution in [0.4, 0.5) is 5.69 Å². The lowest BCUT2D eigenvalue weighted by Crippen LogP contribution is -2.30. The van der Waals surface area contributed by atoms with Crippen LogP contribution in [0.3, 0.4) is 0 Å². The van der Waals surface area contributed by atoms with Gasteiger partial charge in [-0.1, -0.05) is 18.2 Å². The van der Waals surface area contributed by atoms with Crippen LogP contribution in [0.5, 0.6) is 5.75 Å². The molecule has 0 aliphatic carbocycles. The minimum atomic E-state index is -0.106. The van der Waals surface area contributed by atoms with Crippen molar-refractivity contribution in [2.24, 2.45) is 0 Å². The number of rotatable bonds is 4. The molecule has 1 amide bonds. The lowest BCUT2D eigenvalue weighted by atomic mass is 10.1. The fourth-order valence-electron chi connectivity index (χ4n) is 2.06. The van der Waals surface area contributed by atoms with Crippen molar-refractivity contribution in [1.29, 1.82) is 0 Å². The maximum Gasteiger partial charge on any atom is 0.254 e. The van der Waals surface area contributed by atoms with Gasteiger partial charge in [0.2, 0.25) is 0 Å². The number of carbonyl (C=O) groups is 1. The van der Waals surface area contributed by atoms with Crippen LogP contribution in [0, 0.1) is 0 Å². The molecular formula is C16H18N2O2. The number of aromatic hydroxyl groups is 1. The van der Waals surface area contributed by atoms with Crippen LogP contribution >= 0.6 is 0 Å². The molecule has 0 saturated carbocycles. The van der Waals surface area contributed by atoms with Gasteiger partial charge in [-0.3, -0.25) is 4.79 Å². The number of carbonyl (C=O) groups excluding carboxylic acids is 1. The predicted molar refractivity (Wildman–Crippen MR) is 79.4 cm³/mol. The summed E-state index contributed by atoms with van der Waals surface area (Å²) in [6.07, 6.45) is 0. The Bertz CT molecular complexity index is 611. The molecule has 0 heterocycles. The molecule has 0 fully saturated rings. The van der Waals surface area contributed by atoms with Crippen LogP contribution in [-0.2, 0) is 6.54 Å². The molecule has 0 spiro atoms. The first-order chi connectivity index (χ1) is 9.60. The van der Waals surface area contributed by atoms with Crippen LogP contribution in [0.2, 0.25) is 0 Å². The summed E-state index contributed by atoms with van der Waals surface area (Å²) in [6.45, 7) is 3.01. The largest absolute Gasteiger partial charge is 0.508 e. The van der Waals surface area contributed by atoms with Crippen LogP contribution in [0.15, 0.2) is 48.5 Å². The fraction of sp³-hybridized carbons (Fsp3) is 0.188. The second-order valence-corrected chi connectivity index (χ2v) is 4.61. The standard InChI is InChI=1S/C16H18N2O2/c1-2-18(11-12-5-3-7-14(17)9-12)16(20)13-6-4-8-15(19)10-13/h3-10,19H,2,11,17H2,1H3. The number of benzene rings is 2. The van der Waals surface area contributed by atoms with E-state index in [1.54, 1.807) is 23.1 Å². The zero-order valence-electron chi connectivity index (χ0n) is 11.4. The van der Waals surface area contributed by atoms with Crippen molar-refractivity contribution in [2.75, 3.05) is 12.3 Å². The maximum absolute atomic E-state index is 12.4. The van der Waals surface area contributed by atoms with Crippen molar-refractivity contribution in [2.45, 2.75) is 13.5 Å². The highest BCUT2D eigenvalue weighted by atomic mass is 16.3. The molecule has 2 aromatic rings. The van der Waals surface area contributed by atoms with E-state index in [0.717, 1.165) is 5.56 Å². The van der Waals surface area contributed by atoms with Gasteiger partial charge in [-0.15, -0.1) is 0 Å². The van der Waals surface area contributed by atoms with Gasteiger partial charge in [0, 0.05) is 24.3 Å². The topological polar surface area (TPSA) is 66.6 Å². The van der Waals surface area contributed by atoms with Crippen molar-refractivity contribution >= 4 is 11.6 Å². The van der Waals surface area contributed by atoms with Gasteiger partial charge in [0.05, 0.1) is 0 Å². The summed E-state index contributed by atoms with van der Waals surface area (Å²) in [5, 5.41) is 9.46. The molecule has 2 aromatic carbocycles. The molecule has 0 aromatic heterocycles. The number of phenolic OH excluding ortho intramolecular Hbond substituents is 1. The molecule has 4 heteroatoms. The number of nitrogens with two attached hydrogens (primary N) is 1. The Kier molecular flexibility index (Phi) is 4.25. The Morgan fingerprint density at radius 3 is 2.60 bits per heavy atom. The first kappa shape index (κ1) is 13.9. The molecule has 0 saturated heterocycles. The number of anilines is 1. The third kappa shape index (κ3) is 3.29. The molecule has 0 aliphatic rings. The molecular weight excluding hydrogens is 252 g/mol. The highest BCUT2D eigenvalue weighted by Crippen LogP contribution is 2.15.